The molecular formula is C12H9BrN4OS2. The van der Waals surface area contributed by atoms with Crippen molar-refractivity contribution in [3.05, 3.63) is 39.3 Å². The highest BCUT2D eigenvalue weighted by Gasteiger charge is 2.13. The fourth-order valence-corrected chi connectivity index (χ4v) is 3.78. The van der Waals surface area contributed by atoms with Gasteiger partial charge in [0, 0.05) is 18.6 Å². The van der Waals surface area contributed by atoms with Gasteiger partial charge in [0.15, 0.2) is 5.13 Å². The lowest BCUT2D eigenvalue weighted by Crippen LogP contribution is -2.15. The molecule has 0 aliphatic heterocycles. The van der Waals surface area contributed by atoms with Crippen LogP contribution in [0.15, 0.2) is 33.6 Å². The maximum Gasteiger partial charge on any atom is 0.275 e. The van der Waals surface area contributed by atoms with Gasteiger partial charge < -0.3 is 0 Å². The van der Waals surface area contributed by atoms with Gasteiger partial charge in [0.2, 0.25) is 0 Å². The molecular weight excluding hydrogens is 360 g/mol. The summed E-state index contributed by atoms with van der Waals surface area (Å²) in [5.74, 6) is -0.210. The minimum Gasteiger partial charge on any atom is -0.296 e. The number of amides is 1. The number of hydrogen-bond donors (Lipinski definition) is 1. The summed E-state index contributed by atoms with van der Waals surface area (Å²) in [4.78, 5) is 17.5. The molecule has 0 unspecified atom stereocenters. The van der Waals surface area contributed by atoms with E-state index in [-0.39, 0.29) is 5.91 Å². The van der Waals surface area contributed by atoms with Crippen molar-refractivity contribution in [1.82, 2.24) is 14.8 Å². The number of rotatable bonds is 3. The third-order valence-electron chi connectivity index (χ3n) is 2.60. The Morgan fingerprint density at radius 3 is 2.90 bits per heavy atom. The van der Waals surface area contributed by atoms with Crippen LogP contribution in [0.25, 0.3) is 10.6 Å². The fourth-order valence-electron chi connectivity index (χ4n) is 1.65. The molecule has 3 heterocycles. The van der Waals surface area contributed by atoms with Gasteiger partial charge in [-0.2, -0.15) is 5.10 Å². The lowest BCUT2D eigenvalue weighted by Gasteiger charge is -2.01. The topological polar surface area (TPSA) is 59.8 Å². The fraction of sp³-hybridized carbons (Fsp3) is 0.0833. The van der Waals surface area contributed by atoms with E-state index in [0.717, 1.165) is 14.4 Å². The summed E-state index contributed by atoms with van der Waals surface area (Å²) in [6, 6.07) is 5.64. The van der Waals surface area contributed by atoms with Crippen molar-refractivity contribution in [1.29, 1.82) is 0 Å². The van der Waals surface area contributed by atoms with E-state index in [1.807, 2.05) is 17.5 Å². The molecule has 1 N–H and O–H groups in total. The number of nitrogens with one attached hydrogen (secondary N) is 1. The average Bonchev–Trinajstić information content (AvgIpc) is 3.10. The summed E-state index contributed by atoms with van der Waals surface area (Å²) < 4.78 is 2.58. The van der Waals surface area contributed by atoms with E-state index >= 15 is 0 Å². The lowest BCUT2D eigenvalue weighted by molar-refractivity contribution is 0.101. The van der Waals surface area contributed by atoms with Gasteiger partial charge in [0.1, 0.15) is 5.69 Å². The molecule has 0 spiro atoms. The summed E-state index contributed by atoms with van der Waals surface area (Å²) in [5, 5.41) is 9.26. The van der Waals surface area contributed by atoms with E-state index in [4.69, 9.17) is 0 Å². The Kier molecular flexibility index (Phi) is 3.68. The number of anilines is 1. The molecule has 3 aromatic rings. The zero-order valence-corrected chi connectivity index (χ0v) is 13.6. The van der Waals surface area contributed by atoms with Crippen LogP contribution in [-0.4, -0.2) is 20.7 Å². The smallest absolute Gasteiger partial charge is 0.275 e. The van der Waals surface area contributed by atoms with Crippen LogP contribution < -0.4 is 5.32 Å². The first-order valence-corrected chi connectivity index (χ1v) is 8.13. The van der Waals surface area contributed by atoms with Crippen molar-refractivity contribution < 1.29 is 4.79 Å². The number of halogens is 1. The van der Waals surface area contributed by atoms with Crippen molar-refractivity contribution in [3.8, 4) is 10.6 Å². The molecule has 3 aromatic heterocycles. The number of nitrogens with zero attached hydrogens (tertiary/aromatic N) is 3. The monoisotopic (exact) mass is 368 g/mol. The van der Waals surface area contributed by atoms with E-state index in [1.54, 1.807) is 30.6 Å². The highest BCUT2D eigenvalue weighted by atomic mass is 79.9. The molecule has 0 saturated carbocycles. The molecule has 3 rings (SSSR count). The van der Waals surface area contributed by atoms with Gasteiger partial charge in [-0.1, -0.05) is 0 Å². The second-order valence-corrected chi connectivity index (χ2v) is 7.26. The molecule has 0 aliphatic carbocycles. The highest BCUT2D eigenvalue weighted by molar-refractivity contribution is 9.11. The molecule has 8 heteroatoms. The third kappa shape index (κ3) is 2.67. The Bertz CT molecular complexity index is 761. The van der Waals surface area contributed by atoms with Crippen LogP contribution in [-0.2, 0) is 7.05 Å². The van der Waals surface area contributed by atoms with Crippen molar-refractivity contribution in [3.63, 3.8) is 0 Å². The number of carbonyl (C=O) groups excluding carboxylic acids is 1. The minimum absolute atomic E-state index is 0.210. The predicted octanol–water partition coefficient (Wildman–Crippen LogP) is 3.62. The van der Waals surface area contributed by atoms with Crippen LogP contribution in [0.3, 0.4) is 0 Å². The largest absolute Gasteiger partial charge is 0.296 e. The van der Waals surface area contributed by atoms with Gasteiger partial charge in [-0.25, -0.2) is 4.98 Å². The molecule has 0 aromatic carbocycles. The maximum absolute atomic E-state index is 12.0. The van der Waals surface area contributed by atoms with Crippen LogP contribution in [0.1, 0.15) is 10.5 Å². The zero-order valence-electron chi connectivity index (χ0n) is 10.3. The highest BCUT2D eigenvalue weighted by Crippen LogP contribution is 2.33. The van der Waals surface area contributed by atoms with Gasteiger partial charge in [0.25, 0.3) is 5.91 Å². The first-order valence-electron chi connectivity index (χ1n) is 5.64. The minimum atomic E-state index is -0.210. The van der Waals surface area contributed by atoms with Crippen LogP contribution >= 0.6 is 38.6 Å². The zero-order chi connectivity index (χ0) is 14.1. The molecule has 0 saturated heterocycles. The Hall–Kier alpha value is -1.51. The van der Waals surface area contributed by atoms with E-state index in [1.165, 1.54) is 16.0 Å². The van der Waals surface area contributed by atoms with Crippen LogP contribution in [0.2, 0.25) is 0 Å². The second kappa shape index (κ2) is 5.47. The Morgan fingerprint density at radius 2 is 2.25 bits per heavy atom. The normalized spacial score (nSPS) is 10.7. The summed E-state index contributed by atoms with van der Waals surface area (Å²) in [6.45, 7) is 0. The summed E-state index contributed by atoms with van der Waals surface area (Å²) in [7, 11) is 1.73. The van der Waals surface area contributed by atoms with Crippen molar-refractivity contribution in [2.75, 3.05) is 5.32 Å². The molecule has 1 amide bonds. The Balaban J connectivity index is 1.78. The van der Waals surface area contributed by atoms with Crippen LogP contribution in [0.5, 0.6) is 0 Å². The van der Waals surface area contributed by atoms with Crippen LogP contribution in [0.4, 0.5) is 5.13 Å². The molecule has 5 nitrogen and oxygen atoms in total. The molecule has 0 aliphatic rings. The second-order valence-electron chi connectivity index (χ2n) is 3.94. The molecule has 0 radical (unpaired) electrons. The Morgan fingerprint density at radius 1 is 1.40 bits per heavy atom. The number of thiophene rings is 1. The van der Waals surface area contributed by atoms with Gasteiger partial charge in [0.05, 0.1) is 14.4 Å². The van der Waals surface area contributed by atoms with Gasteiger partial charge in [-0.15, -0.1) is 22.7 Å². The number of aromatic nitrogens is 3. The Labute approximate surface area is 131 Å². The molecule has 0 bridgehead atoms. The predicted molar refractivity (Wildman–Crippen MR) is 84.3 cm³/mol. The van der Waals surface area contributed by atoms with E-state index < -0.39 is 0 Å². The maximum atomic E-state index is 12.0. The molecule has 20 heavy (non-hydrogen) atoms. The van der Waals surface area contributed by atoms with Gasteiger partial charge >= 0.3 is 0 Å². The van der Waals surface area contributed by atoms with Crippen LogP contribution in [0, 0.1) is 0 Å². The summed E-state index contributed by atoms with van der Waals surface area (Å²) in [5.41, 5.74) is 1.37. The number of carbonyl (C=O) groups is 1. The molecule has 102 valence electrons. The standard InChI is InChI=1S/C12H9BrN4OS2/c1-17-8(4-5-14-17)11(18)16-12-15-7(6-19-12)9-2-3-10(13)20-9/h2-6H,1H3,(H,15,16,18). The van der Waals surface area contributed by atoms with Gasteiger partial charge in [-0.3, -0.25) is 14.8 Å². The molecule has 0 atom stereocenters. The van der Waals surface area contributed by atoms with Crippen molar-refractivity contribution >= 4 is 49.6 Å². The summed E-state index contributed by atoms with van der Waals surface area (Å²) >= 11 is 6.44. The first kappa shape index (κ1) is 13.5. The summed E-state index contributed by atoms with van der Waals surface area (Å²) in [6.07, 6.45) is 1.59. The average molecular weight is 369 g/mol. The van der Waals surface area contributed by atoms with E-state index in [2.05, 4.69) is 31.3 Å². The SMILES string of the molecule is Cn1nccc1C(=O)Nc1nc(-c2ccc(Br)s2)cs1. The van der Waals surface area contributed by atoms with Crippen molar-refractivity contribution in [2.24, 2.45) is 7.05 Å². The van der Waals surface area contributed by atoms with E-state index in [9.17, 15) is 4.79 Å². The first-order chi connectivity index (χ1) is 9.63. The number of thiazole rings is 1. The van der Waals surface area contributed by atoms with Gasteiger partial charge in [-0.05, 0) is 34.1 Å². The van der Waals surface area contributed by atoms with E-state index in [0.29, 0.717) is 10.8 Å². The molecule has 0 fully saturated rings. The lowest BCUT2D eigenvalue weighted by atomic mass is 10.4. The third-order valence-corrected chi connectivity index (χ3v) is 5.01. The van der Waals surface area contributed by atoms with Crippen molar-refractivity contribution in [2.45, 2.75) is 0 Å². The number of aryl methyl sites for hydroxylation is 1. The quantitative estimate of drug-likeness (QED) is 0.767. The number of hydrogen-bond acceptors (Lipinski definition) is 5.